The largest absolute Gasteiger partial charge is 0.459 e. The number of nitrogens with one attached hydrogen (secondary N) is 1. The Morgan fingerprint density at radius 1 is 1.07 bits per heavy atom. The molecule has 0 saturated carbocycles. The van der Waals surface area contributed by atoms with Crippen molar-refractivity contribution in [2.24, 2.45) is 0 Å². The van der Waals surface area contributed by atoms with Crippen LogP contribution < -0.4 is 5.32 Å². The van der Waals surface area contributed by atoms with E-state index < -0.39 is 5.97 Å². The maximum Gasteiger partial charge on any atom is 0.342 e. The van der Waals surface area contributed by atoms with Crippen molar-refractivity contribution in [3.63, 3.8) is 0 Å². The average Bonchev–Trinajstić information content (AvgIpc) is 2.57. The summed E-state index contributed by atoms with van der Waals surface area (Å²) in [5, 5.41) is 4.16. The van der Waals surface area contributed by atoms with Crippen LogP contribution in [-0.4, -0.2) is 22.0 Å². The van der Waals surface area contributed by atoms with E-state index in [0.29, 0.717) is 16.9 Å². The number of halogens is 1. The predicted octanol–water partition coefficient (Wildman–Crippen LogP) is 5.29. The van der Waals surface area contributed by atoms with Gasteiger partial charge in [-0.15, -0.1) is 12.4 Å². The Morgan fingerprint density at radius 3 is 2.48 bits per heavy atom. The van der Waals surface area contributed by atoms with Gasteiger partial charge in [0.15, 0.2) is 5.65 Å². The molecule has 2 aromatic heterocycles. The number of carbonyl (C=O) groups is 1. The second kappa shape index (κ2) is 8.35. The smallest absolute Gasteiger partial charge is 0.342 e. The number of ether oxygens (including phenoxy) is 1. The van der Waals surface area contributed by atoms with Gasteiger partial charge in [0, 0.05) is 23.0 Å². The molecule has 0 aliphatic carbocycles. The third kappa shape index (κ3) is 4.55. The molecule has 0 spiro atoms. The van der Waals surface area contributed by atoms with Crippen molar-refractivity contribution in [3.8, 4) is 0 Å². The highest BCUT2D eigenvalue weighted by Crippen LogP contribution is 2.30. The highest BCUT2D eigenvalue weighted by molar-refractivity contribution is 6.05. The minimum atomic E-state index is -0.402. The Hall–Kier alpha value is -2.66. The van der Waals surface area contributed by atoms with Gasteiger partial charge in [0.25, 0.3) is 0 Å². The van der Waals surface area contributed by atoms with Gasteiger partial charge in [-0.2, -0.15) is 0 Å². The minimum Gasteiger partial charge on any atom is -0.459 e. The summed E-state index contributed by atoms with van der Waals surface area (Å²) >= 11 is 0. The van der Waals surface area contributed by atoms with Crippen molar-refractivity contribution in [1.29, 1.82) is 0 Å². The van der Waals surface area contributed by atoms with Gasteiger partial charge in [0.1, 0.15) is 5.56 Å². The number of carbonyl (C=O) groups excluding carboxylic acids is 1. The molecule has 3 rings (SSSR count). The SMILES string of the molecule is Cc1ccc2c(Nc3ccc(C)c(C)c3)c(C(=O)OC(C)C)cnc2n1.Cl. The Labute approximate surface area is 165 Å². The lowest BCUT2D eigenvalue weighted by molar-refractivity contribution is 0.0379. The van der Waals surface area contributed by atoms with Crippen LogP contribution in [0.4, 0.5) is 11.4 Å². The van der Waals surface area contributed by atoms with E-state index in [0.717, 1.165) is 16.8 Å². The minimum absolute atomic E-state index is 0. The number of anilines is 2. The molecule has 1 N–H and O–H groups in total. The molecule has 0 bridgehead atoms. The molecule has 0 saturated heterocycles. The first kappa shape index (κ1) is 20.6. The van der Waals surface area contributed by atoms with Gasteiger partial charge in [-0.25, -0.2) is 14.8 Å². The van der Waals surface area contributed by atoms with Crippen molar-refractivity contribution in [1.82, 2.24) is 9.97 Å². The van der Waals surface area contributed by atoms with Crippen LogP contribution in [0.2, 0.25) is 0 Å². The number of aromatic nitrogens is 2. The second-order valence-corrected chi connectivity index (χ2v) is 6.75. The fourth-order valence-corrected chi connectivity index (χ4v) is 2.70. The molecule has 2 heterocycles. The monoisotopic (exact) mass is 385 g/mol. The molecular formula is C21H24ClN3O2. The van der Waals surface area contributed by atoms with E-state index in [2.05, 4.69) is 41.3 Å². The molecule has 0 radical (unpaired) electrons. The molecule has 142 valence electrons. The first-order valence-corrected chi connectivity index (χ1v) is 8.67. The Morgan fingerprint density at radius 2 is 1.81 bits per heavy atom. The van der Waals surface area contributed by atoms with Crippen LogP contribution in [0.5, 0.6) is 0 Å². The maximum atomic E-state index is 12.6. The van der Waals surface area contributed by atoms with Crippen LogP contribution >= 0.6 is 12.4 Å². The molecule has 0 unspecified atom stereocenters. The molecular weight excluding hydrogens is 362 g/mol. The van der Waals surface area contributed by atoms with Crippen molar-refractivity contribution < 1.29 is 9.53 Å². The van der Waals surface area contributed by atoms with E-state index in [1.54, 1.807) is 0 Å². The number of esters is 1. The zero-order valence-electron chi connectivity index (χ0n) is 16.2. The quantitative estimate of drug-likeness (QED) is 0.618. The summed E-state index contributed by atoms with van der Waals surface area (Å²) in [7, 11) is 0. The number of nitrogens with zero attached hydrogens (tertiary/aromatic N) is 2. The summed E-state index contributed by atoms with van der Waals surface area (Å²) in [5.74, 6) is -0.402. The number of hydrogen-bond acceptors (Lipinski definition) is 5. The lowest BCUT2D eigenvalue weighted by Crippen LogP contribution is -2.14. The fraction of sp³-hybridized carbons (Fsp3) is 0.286. The van der Waals surface area contributed by atoms with Gasteiger partial charge in [-0.3, -0.25) is 0 Å². The third-order valence-corrected chi connectivity index (χ3v) is 4.21. The van der Waals surface area contributed by atoms with Crippen molar-refractivity contribution in [2.75, 3.05) is 5.32 Å². The van der Waals surface area contributed by atoms with E-state index in [1.165, 1.54) is 17.3 Å². The summed E-state index contributed by atoms with van der Waals surface area (Å²) < 4.78 is 5.39. The summed E-state index contributed by atoms with van der Waals surface area (Å²) in [6.45, 7) is 9.70. The van der Waals surface area contributed by atoms with E-state index >= 15 is 0 Å². The van der Waals surface area contributed by atoms with Crippen LogP contribution in [0, 0.1) is 20.8 Å². The average molecular weight is 386 g/mol. The zero-order chi connectivity index (χ0) is 18.8. The van der Waals surface area contributed by atoms with Crippen molar-refractivity contribution in [2.45, 2.75) is 40.7 Å². The molecule has 5 nitrogen and oxygen atoms in total. The number of fused-ring (bicyclic) bond motifs is 1. The molecule has 6 heteroatoms. The van der Waals surface area contributed by atoms with E-state index in [1.807, 2.05) is 39.0 Å². The van der Waals surface area contributed by atoms with Gasteiger partial charge in [-0.1, -0.05) is 6.07 Å². The van der Waals surface area contributed by atoms with Crippen LogP contribution in [-0.2, 0) is 4.74 Å². The van der Waals surface area contributed by atoms with E-state index in [-0.39, 0.29) is 18.5 Å². The van der Waals surface area contributed by atoms with Gasteiger partial charge in [0.05, 0.1) is 11.8 Å². The van der Waals surface area contributed by atoms with Gasteiger partial charge in [0.2, 0.25) is 0 Å². The highest BCUT2D eigenvalue weighted by atomic mass is 35.5. The van der Waals surface area contributed by atoms with Crippen molar-refractivity contribution in [3.05, 3.63) is 58.9 Å². The molecule has 27 heavy (non-hydrogen) atoms. The number of aryl methyl sites for hydroxylation is 3. The molecule has 3 aromatic rings. The number of rotatable bonds is 4. The van der Waals surface area contributed by atoms with Gasteiger partial charge >= 0.3 is 5.97 Å². The van der Waals surface area contributed by atoms with Gasteiger partial charge in [-0.05, 0) is 70.0 Å². The topological polar surface area (TPSA) is 64.1 Å². The lowest BCUT2D eigenvalue weighted by atomic mass is 10.1. The molecule has 0 fully saturated rings. The van der Waals surface area contributed by atoms with Gasteiger partial charge < -0.3 is 10.1 Å². The Bertz CT molecular complexity index is 987. The summed E-state index contributed by atoms with van der Waals surface area (Å²) in [4.78, 5) is 21.4. The Balaban J connectivity index is 0.00000261. The number of hydrogen-bond donors (Lipinski definition) is 1. The van der Waals surface area contributed by atoms with E-state index in [9.17, 15) is 4.79 Å². The first-order valence-electron chi connectivity index (χ1n) is 8.67. The van der Waals surface area contributed by atoms with Crippen LogP contribution in [0.1, 0.15) is 41.0 Å². The maximum absolute atomic E-state index is 12.6. The van der Waals surface area contributed by atoms with Crippen LogP contribution in [0.3, 0.4) is 0 Å². The molecule has 0 aliphatic heterocycles. The first-order chi connectivity index (χ1) is 12.3. The van der Waals surface area contributed by atoms with Crippen LogP contribution in [0.25, 0.3) is 11.0 Å². The zero-order valence-corrected chi connectivity index (χ0v) is 17.0. The molecule has 0 atom stereocenters. The standard InChI is InChI=1S/C21H23N3O2.ClH/c1-12(2)26-21(25)18-11-22-20-17(9-7-15(5)23-20)19(18)24-16-8-6-13(3)14(4)10-16;/h6-12H,1-5H3,(H,22,23,24);1H. The van der Waals surface area contributed by atoms with E-state index in [4.69, 9.17) is 4.74 Å². The third-order valence-electron chi connectivity index (χ3n) is 4.21. The lowest BCUT2D eigenvalue weighted by Gasteiger charge is -2.16. The summed E-state index contributed by atoms with van der Waals surface area (Å²) in [6, 6.07) is 9.94. The highest BCUT2D eigenvalue weighted by Gasteiger charge is 2.19. The molecule has 0 aliphatic rings. The number of benzene rings is 1. The second-order valence-electron chi connectivity index (χ2n) is 6.75. The van der Waals surface area contributed by atoms with Crippen LogP contribution in [0.15, 0.2) is 36.5 Å². The predicted molar refractivity (Wildman–Crippen MR) is 111 cm³/mol. The molecule has 1 aromatic carbocycles. The fourth-order valence-electron chi connectivity index (χ4n) is 2.70. The summed E-state index contributed by atoms with van der Waals surface area (Å²) in [6.07, 6.45) is 1.33. The molecule has 0 amide bonds. The van der Waals surface area contributed by atoms with Crippen molar-refractivity contribution >= 4 is 40.8 Å². The number of pyridine rings is 2. The Kier molecular flexibility index (Phi) is 6.39. The normalized spacial score (nSPS) is 10.6. The summed E-state index contributed by atoms with van der Waals surface area (Å²) in [5.41, 5.74) is 5.82.